The van der Waals surface area contributed by atoms with Gasteiger partial charge in [0, 0.05) is 0 Å². The minimum atomic E-state index is -1.68. The molecular formula is C11H18O4. The van der Waals surface area contributed by atoms with E-state index in [4.69, 9.17) is 10.2 Å². The molecule has 4 nitrogen and oxygen atoms in total. The quantitative estimate of drug-likeness (QED) is 0.525. The summed E-state index contributed by atoms with van der Waals surface area (Å²) in [6.07, 6.45) is 3.39. The Hall–Kier alpha value is -1.32. The summed E-state index contributed by atoms with van der Waals surface area (Å²) in [5.74, 6) is -2.56. The van der Waals surface area contributed by atoms with E-state index >= 15 is 0 Å². The largest absolute Gasteiger partial charge is 0.480 e. The predicted octanol–water partition coefficient (Wildman–Crippen LogP) is 2.30. The van der Waals surface area contributed by atoms with Gasteiger partial charge in [-0.15, -0.1) is 0 Å². The minimum Gasteiger partial charge on any atom is -0.480 e. The van der Waals surface area contributed by atoms with Gasteiger partial charge in [0.15, 0.2) is 5.41 Å². The van der Waals surface area contributed by atoms with Gasteiger partial charge in [-0.1, -0.05) is 18.6 Å². The highest BCUT2D eigenvalue weighted by Crippen LogP contribution is 2.24. The maximum atomic E-state index is 10.8. The predicted molar refractivity (Wildman–Crippen MR) is 56.7 cm³/mol. The number of rotatable bonds is 6. The Labute approximate surface area is 89.6 Å². The molecule has 0 aromatic rings. The van der Waals surface area contributed by atoms with Crippen LogP contribution in [0.25, 0.3) is 0 Å². The molecule has 4 heteroatoms. The van der Waals surface area contributed by atoms with Crippen molar-refractivity contribution in [2.24, 2.45) is 5.41 Å². The van der Waals surface area contributed by atoms with Crippen molar-refractivity contribution in [3.05, 3.63) is 11.6 Å². The zero-order chi connectivity index (χ0) is 12.1. The van der Waals surface area contributed by atoms with Crippen molar-refractivity contribution < 1.29 is 19.8 Å². The van der Waals surface area contributed by atoms with E-state index in [1.807, 2.05) is 19.9 Å². The lowest BCUT2D eigenvalue weighted by atomic mass is 9.85. The number of hydrogen-bond donors (Lipinski definition) is 2. The van der Waals surface area contributed by atoms with E-state index in [0.717, 1.165) is 12.0 Å². The molecule has 0 rings (SSSR count). The van der Waals surface area contributed by atoms with Crippen LogP contribution in [0.2, 0.25) is 0 Å². The summed E-state index contributed by atoms with van der Waals surface area (Å²) in [6.45, 7) is 5.19. The van der Waals surface area contributed by atoms with Crippen LogP contribution in [0.1, 0.15) is 40.0 Å². The van der Waals surface area contributed by atoms with Crippen molar-refractivity contribution in [1.82, 2.24) is 0 Å². The standard InChI is InChI=1S/C11H18O4/c1-4-8(2)6-5-7-11(3,9(12)13)10(14)15/h6H,4-5,7H2,1-3H3,(H,12,13)(H,14,15). The number of carboxylic acid groups (broad SMARTS) is 2. The Morgan fingerprint density at radius 3 is 2.07 bits per heavy atom. The Kier molecular flexibility index (Phi) is 5.05. The molecule has 15 heavy (non-hydrogen) atoms. The van der Waals surface area contributed by atoms with Gasteiger partial charge in [-0.25, -0.2) is 0 Å². The van der Waals surface area contributed by atoms with E-state index in [1.165, 1.54) is 6.92 Å². The molecule has 0 aliphatic heterocycles. The maximum absolute atomic E-state index is 10.8. The minimum absolute atomic E-state index is 0.120. The SMILES string of the molecule is CCC(C)=CCCC(C)(C(=O)O)C(=O)O. The van der Waals surface area contributed by atoms with E-state index < -0.39 is 17.4 Å². The molecule has 0 spiro atoms. The number of carbonyl (C=O) groups is 2. The zero-order valence-corrected chi connectivity index (χ0v) is 9.41. The average molecular weight is 214 g/mol. The van der Waals surface area contributed by atoms with Crippen LogP contribution in [0.4, 0.5) is 0 Å². The molecule has 0 unspecified atom stereocenters. The first-order valence-corrected chi connectivity index (χ1v) is 4.97. The van der Waals surface area contributed by atoms with Crippen LogP contribution in [-0.4, -0.2) is 22.2 Å². The topological polar surface area (TPSA) is 74.6 Å². The van der Waals surface area contributed by atoms with E-state index in [0.29, 0.717) is 6.42 Å². The molecule has 0 fully saturated rings. The summed E-state index contributed by atoms with van der Waals surface area (Å²) in [4.78, 5) is 21.6. The maximum Gasteiger partial charge on any atom is 0.320 e. The zero-order valence-electron chi connectivity index (χ0n) is 9.41. The molecule has 0 bridgehead atoms. The second kappa shape index (κ2) is 5.53. The monoisotopic (exact) mass is 214 g/mol. The number of hydrogen-bond acceptors (Lipinski definition) is 2. The molecule has 0 radical (unpaired) electrons. The van der Waals surface area contributed by atoms with Gasteiger partial charge in [-0.05, 0) is 33.1 Å². The molecule has 0 aliphatic carbocycles. The molecule has 0 saturated carbocycles. The van der Waals surface area contributed by atoms with Crippen molar-refractivity contribution in [3.63, 3.8) is 0 Å². The molecule has 0 saturated heterocycles. The molecule has 0 aromatic carbocycles. The van der Waals surface area contributed by atoms with Gasteiger partial charge in [0.05, 0.1) is 0 Å². The lowest BCUT2D eigenvalue weighted by Crippen LogP contribution is -2.36. The van der Waals surface area contributed by atoms with Crippen LogP contribution in [0.3, 0.4) is 0 Å². The van der Waals surface area contributed by atoms with Crippen molar-refractivity contribution >= 4 is 11.9 Å². The third-order valence-corrected chi connectivity index (χ3v) is 2.64. The lowest BCUT2D eigenvalue weighted by Gasteiger charge is -2.18. The fourth-order valence-corrected chi connectivity index (χ4v) is 1.06. The number of carboxylic acids is 2. The van der Waals surface area contributed by atoms with Gasteiger partial charge < -0.3 is 10.2 Å². The van der Waals surface area contributed by atoms with Crippen molar-refractivity contribution in [3.8, 4) is 0 Å². The highest BCUT2D eigenvalue weighted by atomic mass is 16.4. The summed E-state index contributed by atoms with van der Waals surface area (Å²) in [7, 11) is 0. The van der Waals surface area contributed by atoms with E-state index in [9.17, 15) is 9.59 Å². The third-order valence-electron chi connectivity index (χ3n) is 2.64. The van der Waals surface area contributed by atoms with E-state index in [1.54, 1.807) is 0 Å². The smallest absolute Gasteiger partial charge is 0.320 e. The second-order valence-electron chi connectivity index (χ2n) is 3.89. The first-order chi connectivity index (χ1) is 6.84. The third kappa shape index (κ3) is 3.73. The molecule has 0 aliphatic rings. The van der Waals surface area contributed by atoms with Crippen LogP contribution in [-0.2, 0) is 9.59 Å². The van der Waals surface area contributed by atoms with Gasteiger partial charge in [0.25, 0.3) is 0 Å². The van der Waals surface area contributed by atoms with Crippen LogP contribution in [0, 0.1) is 5.41 Å². The normalized spacial score (nSPS) is 12.6. The second-order valence-corrected chi connectivity index (χ2v) is 3.89. The Morgan fingerprint density at radius 1 is 1.27 bits per heavy atom. The Balaban J connectivity index is 4.47. The van der Waals surface area contributed by atoms with Crippen LogP contribution in [0.15, 0.2) is 11.6 Å². The number of allylic oxidation sites excluding steroid dienone is 2. The van der Waals surface area contributed by atoms with Gasteiger partial charge in [0.2, 0.25) is 0 Å². The molecule has 0 atom stereocenters. The molecule has 0 heterocycles. The molecule has 0 amide bonds. The van der Waals surface area contributed by atoms with E-state index in [-0.39, 0.29) is 6.42 Å². The fourth-order valence-electron chi connectivity index (χ4n) is 1.06. The van der Waals surface area contributed by atoms with Crippen LogP contribution in [0.5, 0.6) is 0 Å². The first kappa shape index (κ1) is 13.7. The molecule has 86 valence electrons. The fraction of sp³-hybridized carbons (Fsp3) is 0.636. The summed E-state index contributed by atoms with van der Waals surface area (Å²) in [6, 6.07) is 0. The van der Waals surface area contributed by atoms with Crippen molar-refractivity contribution in [2.75, 3.05) is 0 Å². The molecule has 0 aromatic heterocycles. The van der Waals surface area contributed by atoms with Gasteiger partial charge in [-0.3, -0.25) is 9.59 Å². The highest BCUT2D eigenvalue weighted by molar-refractivity contribution is 5.97. The Bertz CT molecular complexity index is 264. The van der Waals surface area contributed by atoms with E-state index in [2.05, 4.69) is 0 Å². The molecule has 2 N–H and O–H groups in total. The lowest BCUT2D eigenvalue weighted by molar-refractivity contribution is -0.163. The van der Waals surface area contributed by atoms with Gasteiger partial charge >= 0.3 is 11.9 Å². The summed E-state index contributed by atoms with van der Waals surface area (Å²) >= 11 is 0. The van der Waals surface area contributed by atoms with Gasteiger partial charge in [-0.2, -0.15) is 0 Å². The summed E-state index contributed by atoms with van der Waals surface area (Å²) in [5.41, 5.74) is -0.530. The molecular weight excluding hydrogens is 196 g/mol. The Morgan fingerprint density at radius 2 is 1.73 bits per heavy atom. The summed E-state index contributed by atoms with van der Waals surface area (Å²) in [5, 5.41) is 17.6. The van der Waals surface area contributed by atoms with Crippen LogP contribution >= 0.6 is 0 Å². The summed E-state index contributed by atoms with van der Waals surface area (Å²) < 4.78 is 0. The van der Waals surface area contributed by atoms with Crippen molar-refractivity contribution in [2.45, 2.75) is 40.0 Å². The van der Waals surface area contributed by atoms with Gasteiger partial charge in [0.1, 0.15) is 0 Å². The average Bonchev–Trinajstić information content (AvgIpc) is 2.16. The number of aliphatic carboxylic acids is 2. The van der Waals surface area contributed by atoms with Crippen molar-refractivity contribution in [1.29, 1.82) is 0 Å². The van der Waals surface area contributed by atoms with Crippen LogP contribution < -0.4 is 0 Å². The highest BCUT2D eigenvalue weighted by Gasteiger charge is 2.40. The first-order valence-electron chi connectivity index (χ1n) is 4.97.